The number of hydrogen-bond donors (Lipinski definition) is 1. The Morgan fingerprint density at radius 1 is 1.43 bits per heavy atom. The summed E-state index contributed by atoms with van der Waals surface area (Å²) in [6.45, 7) is 7.98. The summed E-state index contributed by atoms with van der Waals surface area (Å²) in [6.07, 6.45) is 0. The maximum atomic E-state index is 10.8. The van der Waals surface area contributed by atoms with Crippen molar-refractivity contribution in [1.82, 2.24) is 4.90 Å². The van der Waals surface area contributed by atoms with E-state index in [1.54, 1.807) is 0 Å². The first kappa shape index (κ1) is 17.8. The summed E-state index contributed by atoms with van der Waals surface area (Å²) in [4.78, 5) is 12.9. The lowest BCUT2D eigenvalue weighted by Crippen LogP contribution is -2.41. The fraction of sp³-hybridized carbons (Fsp3) is 0.471. The molecule has 0 saturated heterocycles. The van der Waals surface area contributed by atoms with Crippen LogP contribution in [0.15, 0.2) is 24.3 Å². The normalized spacial score (nSPS) is 11.1. The predicted octanol–water partition coefficient (Wildman–Crippen LogP) is 2.68. The van der Waals surface area contributed by atoms with E-state index in [0.29, 0.717) is 13.2 Å². The highest BCUT2D eigenvalue weighted by atomic mass is 32.1. The van der Waals surface area contributed by atoms with Crippen LogP contribution in [-0.2, 0) is 16.1 Å². The van der Waals surface area contributed by atoms with Gasteiger partial charge in [0.15, 0.2) is 0 Å². The molecular formula is C17H23NO2S. The number of nitrogens with zero attached hydrogens (tertiary/aromatic N) is 1. The van der Waals surface area contributed by atoms with Crippen LogP contribution >= 0.6 is 12.6 Å². The Bertz CT molecular complexity index is 543. The van der Waals surface area contributed by atoms with E-state index in [0.717, 1.165) is 6.54 Å². The Kier molecular flexibility index (Phi) is 6.97. The molecule has 0 aliphatic carbocycles. The molecule has 0 N–H and O–H groups in total. The Balaban J connectivity index is 2.38. The van der Waals surface area contributed by atoms with Crippen LogP contribution in [0.25, 0.3) is 0 Å². The van der Waals surface area contributed by atoms with Gasteiger partial charge in [-0.25, -0.2) is 0 Å². The van der Waals surface area contributed by atoms with Gasteiger partial charge in [-0.1, -0.05) is 48.4 Å². The van der Waals surface area contributed by atoms with Crippen LogP contribution in [0, 0.1) is 18.8 Å². The highest BCUT2D eigenvalue weighted by molar-refractivity contribution is 7.97. The van der Waals surface area contributed by atoms with E-state index < -0.39 is 5.12 Å². The molecule has 21 heavy (non-hydrogen) atoms. The van der Waals surface area contributed by atoms with E-state index in [9.17, 15) is 4.79 Å². The van der Waals surface area contributed by atoms with Crippen LogP contribution in [0.1, 0.15) is 25.0 Å². The number of ether oxygens (including phenoxy) is 1. The van der Waals surface area contributed by atoms with Crippen molar-refractivity contribution in [3.8, 4) is 11.8 Å². The number of aryl methyl sites for hydroxylation is 1. The second-order valence-electron chi connectivity index (χ2n) is 5.58. The van der Waals surface area contributed by atoms with Crippen LogP contribution in [0.5, 0.6) is 0 Å². The molecule has 0 heterocycles. The third kappa shape index (κ3) is 6.81. The topological polar surface area (TPSA) is 29.5 Å². The number of carbonyl (C=O) groups is 1. The molecule has 3 nitrogen and oxygen atoms in total. The molecule has 1 aromatic carbocycles. The molecule has 114 valence electrons. The van der Waals surface area contributed by atoms with Gasteiger partial charge >= 0.3 is 0 Å². The fourth-order valence-corrected chi connectivity index (χ4v) is 1.83. The number of carbonyl (C=O) groups excluding carboxylic acids is 1. The van der Waals surface area contributed by atoms with E-state index in [-0.39, 0.29) is 5.54 Å². The first-order chi connectivity index (χ1) is 9.81. The van der Waals surface area contributed by atoms with Crippen molar-refractivity contribution in [3.05, 3.63) is 35.4 Å². The van der Waals surface area contributed by atoms with Crippen LogP contribution < -0.4 is 0 Å². The summed E-state index contributed by atoms with van der Waals surface area (Å²) in [5.74, 6) is 5.40. The number of rotatable bonds is 6. The Hall–Kier alpha value is -1.28. The standard InChI is InChI=1S/C17H23NO2S/c1-14-6-5-7-15(12-14)13-20-11-10-18(4)17(2,3)9-8-16(19)21/h5-7,12H,10-11,13H2,1-4H3,(H,19,21). The smallest absolute Gasteiger partial charge is 0.259 e. The van der Waals surface area contributed by atoms with Crippen molar-refractivity contribution in [2.24, 2.45) is 0 Å². The van der Waals surface area contributed by atoms with Gasteiger partial charge < -0.3 is 4.74 Å². The zero-order chi connectivity index (χ0) is 15.9. The van der Waals surface area contributed by atoms with Gasteiger partial charge in [0.1, 0.15) is 0 Å². The Morgan fingerprint density at radius 2 is 2.14 bits per heavy atom. The van der Waals surface area contributed by atoms with Crippen molar-refractivity contribution < 1.29 is 9.53 Å². The molecule has 0 aromatic heterocycles. The average Bonchev–Trinajstić information content (AvgIpc) is 2.41. The minimum Gasteiger partial charge on any atom is -0.375 e. The summed E-state index contributed by atoms with van der Waals surface area (Å²) < 4.78 is 5.69. The van der Waals surface area contributed by atoms with Crippen LogP contribution in [0.4, 0.5) is 0 Å². The summed E-state index contributed by atoms with van der Waals surface area (Å²) in [5.41, 5.74) is 2.03. The quantitative estimate of drug-likeness (QED) is 0.498. The van der Waals surface area contributed by atoms with Gasteiger partial charge in [0.05, 0.1) is 18.8 Å². The lowest BCUT2D eigenvalue weighted by molar-refractivity contribution is -0.106. The molecule has 1 rings (SSSR count). The molecule has 1 aromatic rings. The van der Waals surface area contributed by atoms with E-state index >= 15 is 0 Å². The van der Waals surface area contributed by atoms with Gasteiger partial charge in [0.25, 0.3) is 5.12 Å². The largest absolute Gasteiger partial charge is 0.375 e. The van der Waals surface area contributed by atoms with Gasteiger partial charge in [-0.15, -0.1) is 0 Å². The summed E-state index contributed by atoms with van der Waals surface area (Å²) >= 11 is 3.66. The molecule has 4 heteroatoms. The van der Waals surface area contributed by atoms with E-state index in [1.165, 1.54) is 11.1 Å². The molecule has 0 radical (unpaired) electrons. The van der Waals surface area contributed by atoms with E-state index in [4.69, 9.17) is 4.74 Å². The van der Waals surface area contributed by atoms with Gasteiger partial charge in [-0.2, -0.15) is 0 Å². The van der Waals surface area contributed by atoms with Crippen molar-refractivity contribution in [3.63, 3.8) is 0 Å². The third-order valence-electron chi connectivity index (χ3n) is 3.35. The van der Waals surface area contributed by atoms with Crippen LogP contribution in [0.2, 0.25) is 0 Å². The minimum absolute atomic E-state index is 0.384. The molecule has 0 saturated carbocycles. The first-order valence-corrected chi connectivity index (χ1v) is 7.36. The molecule has 0 spiro atoms. The second-order valence-corrected chi connectivity index (χ2v) is 5.98. The molecular weight excluding hydrogens is 282 g/mol. The highest BCUT2D eigenvalue weighted by Crippen LogP contribution is 2.11. The van der Waals surface area contributed by atoms with Gasteiger partial charge in [-0.05, 0) is 39.3 Å². The predicted molar refractivity (Wildman–Crippen MR) is 89.3 cm³/mol. The second kappa shape index (κ2) is 8.23. The van der Waals surface area contributed by atoms with Gasteiger partial charge in [0, 0.05) is 6.54 Å². The third-order valence-corrected chi connectivity index (χ3v) is 3.46. The number of hydrogen-bond acceptors (Lipinski definition) is 3. The Labute approximate surface area is 133 Å². The van der Waals surface area contributed by atoms with E-state index in [2.05, 4.69) is 54.5 Å². The summed E-state index contributed by atoms with van der Waals surface area (Å²) in [5, 5.41) is -0.410. The summed E-state index contributed by atoms with van der Waals surface area (Å²) in [6, 6.07) is 8.29. The number of benzene rings is 1. The van der Waals surface area contributed by atoms with Crippen molar-refractivity contribution >= 4 is 17.7 Å². The monoisotopic (exact) mass is 305 g/mol. The SMILES string of the molecule is Cc1cccc(COCCN(C)C(C)(C)C#CC(=O)S)c1. The minimum atomic E-state index is -0.410. The average molecular weight is 305 g/mol. The highest BCUT2D eigenvalue weighted by Gasteiger charge is 2.20. The van der Waals surface area contributed by atoms with E-state index in [1.807, 2.05) is 27.0 Å². The van der Waals surface area contributed by atoms with Crippen molar-refractivity contribution in [1.29, 1.82) is 0 Å². The zero-order valence-electron chi connectivity index (χ0n) is 13.1. The van der Waals surface area contributed by atoms with Crippen LogP contribution in [0.3, 0.4) is 0 Å². The maximum Gasteiger partial charge on any atom is 0.259 e. The maximum absolute atomic E-state index is 10.8. The number of thiol groups is 1. The Morgan fingerprint density at radius 3 is 2.76 bits per heavy atom. The van der Waals surface area contributed by atoms with Gasteiger partial charge in [0.2, 0.25) is 0 Å². The molecule has 0 atom stereocenters. The zero-order valence-corrected chi connectivity index (χ0v) is 14.0. The lowest BCUT2D eigenvalue weighted by Gasteiger charge is -2.30. The van der Waals surface area contributed by atoms with Crippen molar-refractivity contribution in [2.45, 2.75) is 32.9 Å². The molecule has 0 fully saturated rings. The van der Waals surface area contributed by atoms with Crippen LogP contribution in [-0.4, -0.2) is 35.8 Å². The summed E-state index contributed by atoms with van der Waals surface area (Å²) in [7, 11) is 1.97. The van der Waals surface area contributed by atoms with Crippen molar-refractivity contribution in [2.75, 3.05) is 20.2 Å². The molecule has 0 bridgehead atoms. The van der Waals surface area contributed by atoms with Gasteiger partial charge in [-0.3, -0.25) is 9.69 Å². The molecule has 0 aliphatic rings. The first-order valence-electron chi connectivity index (χ1n) is 6.92. The molecule has 0 aliphatic heterocycles. The molecule has 0 unspecified atom stereocenters. The lowest BCUT2D eigenvalue weighted by atomic mass is 10.0. The number of likely N-dealkylation sites (N-methyl/N-ethyl adjacent to an activating group) is 1. The fourth-order valence-electron chi connectivity index (χ4n) is 1.77. The molecule has 0 amide bonds.